The predicted molar refractivity (Wildman–Crippen MR) is 82.4 cm³/mol. The third kappa shape index (κ3) is 3.82. The lowest BCUT2D eigenvalue weighted by molar-refractivity contribution is 0.494. The van der Waals surface area contributed by atoms with Gasteiger partial charge in [0.2, 0.25) is 0 Å². The Hall–Kier alpha value is -1.32. The van der Waals surface area contributed by atoms with Gasteiger partial charge in [-0.25, -0.2) is 0 Å². The number of nitrogens with one attached hydrogen (secondary N) is 1. The van der Waals surface area contributed by atoms with Gasteiger partial charge in [0.15, 0.2) is 0 Å². The minimum absolute atomic E-state index is 0.318. The van der Waals surface area contributed by atoms with Crippen LogP contribution in [0.1, 0.15) is 37.1 Å². The monoisotopic (exact) mass is 272 g/mol. The minimum atomic E-state index is 0.318. The second-order valence-electron chi connectivity index (χ2n) is 4.66. The van der Waals surface area contributed by atoms with Crippen LogP contribution in [0, 0.1) is 0 Å². The summed E-state index contributed by atoms with van der Waals surface area (Å²) in [4.78, 5) is 5.36. The summed E-state index contributed by atoms with van der Waals surface area (Å²) in [5, 5.41) is 3.62. The maximum Gasteiger partial charge on any atom is 0.0298 e. The summed E-state index contributed by atoms with van der Waals surface area (Å²) < 4.78 is 0. The van der Waals surface area contributed by atoms with Crippen molar-refractivity contribution in [3.05, 3.63) is 59.9 Å². The lowest BCUT2D eigenvalue weighted by atomic mass is 10.1. The van der Waals surface area contributed by atoms with Gasteiger partial charge in [-0.2, -0.15) is 0 Å². The highest BCUT2D eigenvalue weighted by atomic mass is 32.2. The van der Waals surface area contributed by atoms with Gasteiger partial charge in [-0.05, 0) is 55.5 Å². The van der Waals surface area contributed by atoms with Gasteiger partial charge < -0.3 is 5.32 Å². The van der Waals surface area contributed by atoms with Crippen LogP contribution >= 0.6 is 11.8 Å². The molecule has 3 heteroatoms. The normalized spacial score (nSPS) is 14.1. The molecule has 2 unspecified atom stereocenters. The van der Waals surface area contributed by atoms with Crippen molar-refractivity contribution >= 4 is 11.8 Å². The van der Waals surface area contributed by atoms with Crippen molar-refractivity contribution in [2.75, 3.05) is 6.26 Å². The predicted octanol–water partition coefficient (Wildman–Crippen LogP) is 4.22. The quantitative estimate of drug-likeness (QED) is 0.825. The Morgan fingerprint density at radius 2 is 1.42 bits per heavy atom. The van der Waals surface area contributed by atoms with E-state index >= 15 is 0 Å². The van der Waals surface area contributed by atoms with Gasteiger partial charge in [-0.1, -0.05) is 12.1 Å². The van der Waals surface area contributed by atoms with Gasteiger partial charge in [0.05, 0.1) is 0 Å². The van der Waals surface area contributed by atoms with E-state index in [1.807, 2.05) is 12.4 Å². The molecular weight excluding hydrogens is 252 g/mol. The molecule has 0 aliphatic rings. The molecule has 2 atom stereocenters. The lowest BCUT2D eigenvalue weighted by Crippen LogP contribution is -2.22. The summed E-state index contributed by atoms with van der Waals surface area (Å²) in [5.74, 6) is 0. The van der Waals surface area contributed by atoms with Crippen LogP contribution < -0.4 is 5.32 Å². The summed E-state index contributed by atoms with van der Waals surface area (Å²) in [5.41, 5.74) is 2.58. The van der Waals surface area contributed by atoms with E-state index in [1.165, 1.54) is 16.0 Å². The molecule has 0 saturated heterocycles. The van der Waals surface area contributed by atoms with Gasteiger partial charge >= 0.3 is 0 Å². The molecule has 0 saturated carbocycles. The number of aromatic nitrogens is 1. The first-order valence-electron chi connectivity index (χ1n) is 6.50. The molecule has 1 heterocycles. The van der Waals surface area contributed by atoms with Gasteiger partial charge in [-0.15, -0.1) is 11.8 Å². The summed E-state index contributed by atoms with van der Waals surface area (Å²) >= 11 is 1.77. The van der Waals surface area contributed by atoms with Crippen LogP contribution in [-0.2, 0) is 0 Å². The molecule has 0 bridgehead atoms. The van der Waals surface area contributed by atoms with E-state index in [9.17, 15) is 0 Å². The summed E-state index contributed by atoms with van der Waals surface area (Å²) in [6.45, 7) is 4.38. The average Bonchev–Trinajstić information content (AvgIpc) is 2.48. The molecule has 100 valence electrons. The van der Waals surface area contributed by atoms with Crippen LogP contribution in [0.4, 0.5) is 0 Å². The molecule has 1 N–H and O–H groups in total. The molecule has 2 nitrogen and oxygen atoms in total. The zero-order valence-electron chi connectivity index (χ0n) is 11.6. The molecular formula is C16H20N2S. The summed E-state index contributed by atoms with van der Waals surface area (Å²) in [6.07, 6.45) is 5.78. The van der Waals surface area contributed by atoms with Crippen LogP contribution in [0.3, 0.4) is 0 Å². The summed E-state index contributed by atoms with van der Waals surface area (Å²) in [6, 6.07) is 13.5. The van der Waals surface area contributed by atoms with Crippen LogP contribution in [0.2, 0.25) is 0 Å². The van der Waals surface area contributed by atoms with Crippen molar-refractivity contribution in [2.24, 2.45) is 0 Å². The smallest absolute Gasteiger partial charge is 0.0298 e. The third-order valence-electron chi connectivity index (χ3n) is 3.32. The highest BCUT2D eigenvalue weighted by molar-refractivity contribution is 7.98. The average molecular weight is 272 g/mol. The highest BCUT2D eigenvalue weighted by Gasteiger charge is 2.10. The molecule has 2 aromatic rings. The van der Waals surface area contributed by atoms with Crippen molar-refractivity contribution in [3.8, 4) is 0 Å². The SMILES string of the molecule is CSc1ccc(C(C)NC(C)c2ccncc2)cc1. The number of hydrogen-bond donors (Lipinski definition) is 1. The van der Waals surface area contributed by atoms with Crippen LogP contribution in [-0.4, -0.2) is 11.2 Å². The molecule has 0 radical (unpaired) electrons. The van der Waals surface area contributed by atoms with Crippen molar-refractivity contribution in [3.63, 3.8) is 0 Å². The number of hydrogen-bond acceptors (Lipinski definition) is 3. The molecule has 2 rings (SSSR count). The third-order valence-corrected chi connectivity index (χ3v) is 4.07. The Morgan fingerprint density at radius 1 is 0.895 bits per heavy atom. The largest absolute Gasteiger partial charge is 0.304 e. The first-order chi connectivity index (χ1) is 9.20. The Balaban J connectivity index is 2.02. The molecule has 1 aromatic heterocycles. The van der Waals surface area contributed by atoms with E-state index in [0.29, 0.717) is 12.1 Å². The standard InChI is InChI=1S/C16H20N2S/c1-12(14-4-6-16(19-3)7-5-14)18-13(2)15-8-10-17-11-9-15/h4-13,18H,1-3H3. The second-order valence-corrected chi connectivity index (χ2v) is 5.54. The Labute approximate surface area is 119 Å². The van der Waals surface area contributed by atoms with E-state index in [-0.39, 0.29) is 0 Å². The number of rotatable bonds is 5. The minimum Gasteiger partial charge on any atom is -0.304 e. The maximum atomic E-state index is 4.05. The fourth-order valence-electron chi connectivity index (χ4n) is 2.11. The van der Waals surface area contributed by atoms with Gasteiger partial charge in [-0.3, -0.25) is 4.98 Å². The zero-order valence-corrected chi connectivity index (χ0v) is 12.4. The van der Waals surface area contributed by atoms with Crippen molar-refractivity contribution in [2.45, 2.75) is 30.8 Å². The summed E-state index contributed by atoms with van der Waals surface area (Å²) in [7, 11) is 0. The van der Waals surface area contributed by atoms with Crippen LogP contribution in [0.15, 0.2) is 53.7 Å². The fraction of sp³-hybridized carbons (Fsp3) is 0.312. The molecule has 0 aliphatic carbocycles. The van der Waals surface area contributed by atoms with Crippen LogP contribution in [0.5, 0.6) is 0 Å². The highest BCUT2D eigenvalue weighted by Crippen LogP contribution is 2.21. The zero-order chi connectivity index (χ0) is 13.7. The molecule has 0 spiro atoms. The van der Waals surface area contributed by atoms with Crippen LogP contribution in [0.25, 0.3) is 0 Å². The number of nitrogens with zero attached hydrogens (tertiary/aromatic N) is 1. The van der Waals surface area contributed by atoms with Crippen molar-refractivity contribution < 1.29 is 0 Å². The molecule has 0 aliphatic heterocycles. The maximum absolute atomic E-state index is 4.05. The fourth-order valence-corrected chi connectivity index (χ4v) is 2.52. The molecule has 19 heavy (non-hydrogen) atoms. The first kappa shape index (κ1) is 14.1. The topological polar surface area (TPSA) is 24.9 Å². The Kier molecular flexibility index (Phi) is 5.00. The van der Waals surface area contributed by atoms with E-state index in [2.05, 4.69) is 66.8 Å². The number of pyridine rings is 1. The first-order valence-corrected chi connectivity index (χ1v) is 7.73. The van der Waals surface area contributed by atoms with E-state index in [0.717, 1.165) is 0 Å². The van der Waals surface area contributed by atoms with E-state index < -0.39 is 0 Å². The molecule has 1 aromatic carbocycles. The Bertz CT molecular complexity index is 496. The number of benzene rings is 1. The van der Waals surface area contributed by atoms with Crippen molar-refractivity contribution in [1.82, 2.24) is 10.3 Å². The van der Waals surface area contributed by atoms with Gasteiger partial charge in [0.1, 0.15) is 0 Å². The van der Waals surface area contributed by atoms with Gasteiger partial charge in [0.25, 0.3) is 0 Å². The van der Waals surface area contributed by atoms with Gasteiger partial charge in [0, 0.05) is 29.4 Å². The lowest BCUT2D eigenvalue weighted by Gasteiger charge is -2.20. The molecule has 0 fully saturated rings. The molecule has 0 amide bonds. The van der Waals surface area contributed by atoms with E-state index in [4.69, 9.17) is 0 Å². The Morgan fingerprint density at radius 3 is 1.95 bits per heavy atom. The second kappa shape index (κ2) is 6.73. The van der Waals surface area contributed by atoms with Crippen molar-refractivity contribution in [1.29, 1.82) is 0 Å². The number of thioether (sulfide) groups is 1. The van der Waals surface area contributed by atoms with E-state index in [1.54, 1.807) is 11.8 Å².